The highest BCUT2D eigenvalue weighted by molar-refractivity contribution is 7.09. The highest BCUT2D eigenvalue weighted by Crippen LogP contribution is 2.26. The lowest BCUT2D eigenvalue weighted by molar-refractivity contribution is -0.132. The van der Waals surface area contributed by atoms with Crippen molar-refractivity contribution in [3.8, 4) is 0 Å². The van der Waals surface area contributed by atoms with Crippen LogP contribution in [0.1, 0.15) is 56.5 Å². The molecule has 0 unspecified atom stereocenters. The van der Waals surface area contributed by atoms with Gasteiger partial charge in [0.25, 0.3) is 0 Å². The van der Waals surface area contributed by atoms with Gasteiger partial charge in [0.2, 0.25) is 11.0 Å². The van der Waals surface area contributed by atoms with Gasteiger partial charge >= 0.3 is 5.69 Å². The number of H-pyrrole nitrogens is 1. The van der Waals surface area contributed by atoms with E-state index in [1.807, 2.05) is 33.7 Å². The number of halogens is 1. The van der Waals surface area contributed by atoms with E-state index < -0.39 is 0 Å². The number of hydrogen-bond acceptors (Lipinski definition) is 6. The highest BCUT2D eigenvalue weighted by Gasteiger charge is 2.26. The van der Waals surface area contributed by atoms with Gasteiger partial charge in [-0.2, -0.15) is 4.37 Å². The van der Waals surface area contributed by atoms with E-state index in [0.717, 1.165) is 54.0 Å². The average Bonchev–Trinajstić information content (AvgIpc) is 3.53. The van der Waals surface area contributed by atoms with E-state index in [9.17, 15) is 14.0 Å². The number of hydrogen-bond donors (Lipinski definition) is 1. The van der Waals surface area contributed by atoms with Crippen molar-refractivity contribution >= 4 is 33.6 Å². The minimum Gasteiger partial charge on any atom is -0.346 e. The Kier molecular flexibility index (Phi) is 8.17. The summed E-state index contributed by atoms with van der Waals surface area (Å²) < 4.78 is 19.6. The third-order valence-corrected chi connectivity index (χ3v) is 8.00. The van der Waals surface area contributed by atoms with Gasteiger partial charge in [-0.25, -0.2) is 14.2 Å². The van der Waals surface area contributed by atoms with Crippen molar-refractivity contribution in [3.05, 3.63) is 76.2 Å². The quantitative estimate of drug-likeness (QED) is 0.316. The summed E-state index contributed by atoms with van der Waals surface area (Å²) in [5.41, 5.74) is 2.65. The summed E-state index contributed by atoms with van der Waals surface area (Å²) in [5, 5.41) is 0.820. The Balaban J connectivity index is 1.17. The third kappa shape index (κ3) is 5.96. The molecule has 4 aromatic rings. The SMILES string of the molecule is CCCCN(CCC(=O)N1CCC(n2c(=O)[nH]c3ccccc32)CC1)c1nc(Cc2ccc(F)cc2)ns1. The summed E-state index contributed by atoms with van der Waals surface area (Å²) in [6, 6.07) is 14.2. The number of aromatic amines is 1. The minimum absolute atomic E-state index is 0.0848. The highest BCUT2D eigenvalue weighted by atomic mass is 32.1. The first kappa shape index (κ1) is 26.1. The molecule has 10 heteroatoms. The number of anilines is 1. The zero-order valence-corrected chi connectivity index (χ0v) is 22.4. The molecular weight excluding hydrogens is 503 g/mol. The zero-order chi connectivity index (χ0) is 26.5. The van der Waals surface area contributed by atoms with Crippen molar-refractivity contribution in [3.63, 3.8) is 0 Å². The van der Waals surface area contributed by atoms with E-state index in [-0.39, 0.29) is 23.5 Å². The predicted octanol–water partition coefficient (Wildman–Crippen LogP) is 4.77. The second-order valence-electron chi connectivity index (χ2n) is 9.82. The second-order valence-corrected chi connectivity index (χ2v) is 10.5. The number of para-hydroxylation sites is 2. The molecule has 0 saturated carbocycles. The fraction of sp³-hybridized carbons (Fsp3) is 0.429. The predicted molar refractivity (Wildman–Crippen MR) is 148 cm³/mol. The Labute approximate surface area is 225 Å². The van der Waals surface area contributed by atoms with Crippen molar-refractivity contribution in [2.45, 2.75) is 51.5 Å². The number of piperidine rings is 1. The average molecular weight is 537 g/mol. The van der Waals surface area contributed by atoms with E-state index in [1.54, 1.807) is 12.1 Å². The molecule has 1 aliphatic rings. The molecule has 0 bridgehead atoms. The number of carbonyl (C=O) groups excluding carboxylic acids is 1. The molecule has 0 atom stereocenters. The molecule has 1 N–H and O–H groups in total. The molecule has 2 aromatic heterocycles. The van der Waals surface area contributed by atoms with Gasteiger partial charge in [-0.05, 0) is 49.1 Å². The van der Waals surface area contributed by atoms with Gasteiger partial charge in [0.15, 0.2) is 0 Å². The summed E-state index contributed by atoms with van der Waals surface area (Å²) >= 11 is 1.35. The monoisotopic (exact) mass is 536 g/mol. The first-order valence-corrected chi connectivity index (χ1v) is 14.1. The van der Waals surface area contributed by atoms with Crippen LogP contribution in [0.25, 0.3) is 11.0 Å². The first-order valence-electron chi connectivity index (χ1n) is 13.3. The van der Waals surface area contributed by atoms with Crippen LogP contribution in [0.2, 0.25) is 0 Å². The van der Waals surface area contributed by atoms with E-state index in [0.29, 0.717) is 38.3 Å². The number of aromatic nitrogens is 4. The number of likely N-dealkylation sites (tertiary alicyclic amines) is 1. The van der Waals surface area contributed by atoms with Crippen LogP contribution in [0.5, 0.6) is 0 Å². The lowest BCUT2D eigenvalue weighted by Gasteiger charge is -2.33. The standard InChI is InChI=1S/C28H33FN6O2S/c1-2-3-15-34(28-31-25(32-38-28)19-20-8-10-21(29)11-9-20)18-14-26(36)33-16-12-22(13-17-33)35-24-7-5-4-6-23(24)30-27(35)37/h4-11,22H,2-3,12-19H2,1H3,(H,30,37). The van der Waals surface area contributed by atoms with Gasteiger partial charge in [-0.15, -0.1) is 0 Å². The van der Waals surface area contributed by atoms with Crippen molar-refractivity contribution in [2.75, 3.05) is 31.1 Å². The molecule has 38 heavy (non-hydrogen) atoms. The topological polar surface area (TPSA) is 87.1 Å². The Morgan fingerprint density at radius 3 is 2.66 bits per heavy atom. The van der Waals surface area contributed by atoms with Gasteiger partial charge in [-0.1, -0.05) is 37.6 Å². The van der Waals surface area contributed by atoms with E-state index in [2.05, 4.69) is 21.2 Å². The van der Waals surface area contributed by atoms with E-state index >= 15 is 0 Å². The molecule has 8 nitrogen and oxygen atoms in total. The van der Waals surface area contributed by atoms with Crippen LogP contribution in [0.15, 0.2) is 53.3 Å². The number of amides is 1. The summed E-state index contributed by atoms with van der Waals surface area (Å²) in [6.07, 6.45) is 4.53. The molecule has 0 spiro atoms. The zero-order valence-electron chi connectivity index (χ0n) is 21.6. The van der Waals surface area contributed by atoms with Crippen LogP contribution in [0.4, 0.5) is 9.52 Å². The summed E-state index contributed by atoms with van der Waals surface area (Å²) in [4.78, 5) is 37.4. The van der Waals surface area contributed by atoms with Gasteiger partial charge in [0, 0.05) is 56.6 Å². The molecular formula is C28H33FN6O2S. The number of nitrogens with one attached hydrogen (secondary N) is 1. The van der Waals surface area contributed by atoms with Crippen molar-refractivity contribution < 1.29 is 9.18 Å². The number of carbonyl (C=O) groups is 1. The van der Waals surface area contributed by atoms with E-state index in [4.69, 9.17) is 4.98 Å². The van der Waals surface area contributed by atoms with Crippen LogP contribution in [0, 0.1) is 5.82 Å². The molecule has 0 aliphatic carbocycles. The first-order chi connectivity index (χ1) is 18.5. The summed E-state index contributed by atoms with van der Waals surface area (Å²) in [6.45, 7) is 4.84. The number of fused-ring (bicyclic) bond motifs is 1. The fourth-order valence-electron chi connectivity index (χ4n) is 5.08. The summed E-state index contributed by atoms with van der Waals surface area (Å²) in [5.74, 6) is 0.582. The summed E-state index contributed by atoms with van der Waals surface area (Å²) in [7, 11) is 0. The van der Waals surface area contributed by atoms with Gasteiger partial charge in [0.1, 0.15) is 11.6 Å². The smallest absolute Gasteiger partial charge is 0.326 e. The van der Waals surface area contributed by atoms with Crippen LogP contribution < -0.4 is 10.6 Å². The number of benzene rings is 2. The lowest BCUT2D eigenvalue weighted by Crippen LogP contribution is -2.41. The van der Waals surface area contributed by atoms with Crippen LogP contribution in [0.3, 0.4) is 0 Å². The maximum absolute atomic E-state index is 13.2. The van der Waals surface area contributed by atoms with Gasteiger partial charge in [-0.3, -0.25) is 9.36 Å². The Morgan fingerprint density at radius 2 is 1.89 bits per heavy atom. The van der Waals surface area contributed by atoms with Crippen LogP contribution in [-0.2, 0) is 11.2 Å². The van der Waals surface area contributed by atoms with Crippen molar-refractivity contribution in [1.82, 2.24) is 23.8 Å². The fourth-order valence-corrected chi connectivity index (χ4v) is 5.82. The van der Waals surface area contributed by atoms with Crippen LogP contribution >= 0.6 is 11.5 Å². The van der Waals surface area contributed by atoms with Gasteiger partial charge < -0.3 is 14.8 Å². The molecule has 1 fully saturated rings. The Hall–Kier alpha value is -3.53. The van der Waals surface area contributed by atoms with E-state index in [1.165, 1.54) is 23.7 Å². The second kappa shape index (κ2) is 11.9. The van der Waals surface area contributed by atoms with Crippen molar-refractivity contribution in [1.29, 1.82) is 0 Å². The molecule has 1 amide bonds. The minimum atomic E-state index is -0.257. The normalized spacial score (nSPS) is 14.3. The molecule has 1 saturated heterocycles. The third-order valence-electron chi connectivity index (χ3n) is 7.19. The Bertz CT molecular complexity index is 1420. The number of unbranched alkanes of at least 4 members (excludes halogenated alkanes) is 1. The Morgan fingerprint density at radius 1 is 1.13 bits per heavy atom. The van der Waals surface area contributed by atoms with Crippen LogP contribution in [-0.4, -0.2) is 55.9 Å². The molecule has 2 aromatic carbocycles. The molecule has 200 valence electrons. The molecule has 1 aliphatic heterocycles. The maximum atomic E-state index is 13.2. The van der Waals surface area contributed by atoms with Gasteiger partial charge in [0.05, 0.1) is 11.0 Å². The number of imidazole rings is 1. The molecule has 0 radical (unpaired) electrons. The number of nitrogens with zero attached hydrogens (tertiary/aromatic N) is 5. The van der Waals surface area contributed by atoms with Crippen molar-refractivity contribution in [2.24, 2.45) is 0 Å². The lowest BCUT2D eigenvalue weighted by atomic mass is 10.0. The molecule has 5 rings (SSSR count). The number of rotatable bonds is 10. The maximum Gasteiger partial charge on any atom is 0.326 e. The largest absolute Gasteiger partial charge is 0.346 e. The molecule has 3 heterocycles.